The number of hydrogen-bond donors (Lipinski definition) is 2. The molecule has 0 saturated carbocycles. The second kappa shape index (κ2) is 12.0. The summed E-state index contributed by atoms with van der Waals surface area (Å²) in [6.45, 7) is 0.265. The molecule has 0 unspecified atom stereocenters. The summed E-state index contributed by atoms with van der Waals surface area (Å²) in [7, 11) is 0. The molecular formula is C27H20F3N5O2S. The van der Waals surface area contributed by atoms with Crippen LogP contribution in [0.25, 0.3) is 0 Å². The Morgan fingerprint density at radius 1 is 1.11 bits per heavy atom. The summed E-state index contributed by atoms with van der Waals surface area (Å²) in [5.41, 5.74) is 4.45. The van der Waals surface area contributed by atoms with Gasteiger partial charge in [0.05, 0.1) is 35.5 Å². The minimum absolute atomic E-state index is 0.0466. The molecule has 0 aliphatic rings. The number of nitriles is 1. The van der Waals surface area contributed by atoms with Crippen molar-refractivity contribution in [2.24, 2.45) is 5.10 Å². The van der Waals surface area contributed by atoms with E-state index in [4.69, 9.17) is 10.00 Å². The number of hydrazone groups is 1. The van der Waals surface area contributed by atoms with Crippen molar-refractivity contribution in [2.45, 2.75) is 19.2 Å². The first-order chi connectivity index (χ1) is 18.3. The number of rotatable bonds is 9. The van der Waals surface area contributed by atoms with Gasteiger partial charge in [0.1, 0.15) is 12.4 Å². The summed E-state index contributed by atoms with van der Waals surface area (Å²) in [5.74, 6) is 0.227. The second-order valence-corrected chi connectivity index (χ2v) is 8.80. The smallest absolute Gasteiger partial charge is 0.416 e. The average Bonchev–Trinajstić information content (AvgIpc) is 3.34. The van der Waals surface area contributed by atoms with E-state index in [1.165, 1.54) is 29.7 Å². The van der Waals surface area contributed by atoms with Gasteiger partial charge in [-0.2, -0.15) is 23.5 Å². The van der Waals surface area contributed by atoms with Crippen LogP contribution in [0.15, 0.2) is 83.3 Å². The number of amides is 1. The van der Waals surface area contributed by atoms with E-state index in [0.29, 0.717) is 22.1 Å². The lowest BCUT2D eigenvalue weighted by Crippen LogP contribution is -2.19. The van der Waals surface area contributed by atoms with Crippen LogP contribution in [0.1, 0.15) is 27.9 Å². The number of ether oxygens (including phenoxy) is 1. The highest BCUT2D eigenvalue weighted by Gasteiger charge is 2.30. The van der Waals surface area contributed by atoms with Crippen molar-refractivity contribution in [3.63, 3.8) is 0 Å². The molecule has 38 heavy (non-hydrogen) atoms. The Bertz CT molecular complexity index is 1480. The summed E-state index contributed by atoms with van der Waals surface area (Å²) in [5, 5.41) is 17.9. The molecule has 4 aromatic rings. The lowest BCUT2D eigenvalue weighted by atomic mass is 10.1. The first-order valence-electron chi connectivity index (χ1n) is 11.2. The molecule has 1 heterocycles. The van der Waals surface area contributed by atoms with E-state index in [2.05, 4.69) is 26.9 Å². The monoisotopic (exact) mass is 535 g/mol. The molecule has 192 valence electrons. The molecule has 7 nitrogen and oxygen atoms in total. The fourth-order valence-electron chi connectivity index (χ4n) is 3.29. The van der Waals surface area contributed by atoms with Crippen LogP contribution in [0.4, 0.5) is 24.0 Å². The molecule has 4 rings (SSSR count). The molecule has 0 aliphatic carbocycles. The number of thiazole rings is 1. The van der Waals surface area contributed by atoms with Crippen molar-refractivity contribution >= 4 is 34.3 Å². The van der Waals surface area contributed by atoms with Crippen LogP contribution < -0.4 is 15.5 Å². The van der Waals surface area contributed by atoms with Crippen molar-refractivity contribution in [3.8, 4) is 11.8 Å². The van der Waals surface area contributed by atoms with Gasteiger partial charge in [0, 0.05) is 16.6 Å². The molecule has 0 fully saturated rings. The maximum atomic E-state index is 12.9. The van der Waals surface area contributed by atoms with E-state index in [0.717, 1.165) is 23.3 Å². The number of nitrogens with zero attached hydrogens (tertiary/aromatic N) is 3. The highest BCUT2D eigenvalue weighted by atomic mass is 32.1. The van der Waals surface area contributed by atoms with Crippen LogP contribution in [-0.4, -0.2) is 17.1 Å². The zero-order chi connectivity index (χ0) is 27.0. The Kier molecular flexibility index (Phi) is 8.35. The van der Waals surface area contributed by atoms with Gasteiger partial charge >= 0.3 is 6.18 Å². The van der Waals surface area contributed by atoms with Crippen LogP contribution in [0.3, 0.4) is 0 Å². The van der Waals surface area contributed by atoms with Gasteiger partial charge in [-0.3, -0.25) is 4.79 Å². The fourth-order valence-corrected chi connectivity index (χ4v) is 4.02. The summed E-state index contributed by atoms with van der Waals surface area (Å²) >= 11 is 1.18. The molecule has 0 bridgehead atoms. The number of hydrogen-bond acceptors (Lipinski definition) is 7. The molecule has 3 aromatic carbocycles. The van der Waals surface area contributed by atoms with Crippen LogP contribution in [0.2, 0.25) is 0 Å². The van der Waals surface area contributed by atoms with Gasteiger partial charge in [0.15, 0.2) is 5.13 Å². The number of carbonyl (C=O) groups excluding carboxylic acids is 1. The third-order valence-electron chi connectivity index (χ3n) is 5.15. The Balaban J connectivity index is 1.24. The van der Waals surface area contributed by atoms with Crippen LogP contribution in [0, 0.1) is 11.3 Å². The van der Waals surface area contributed by atoms with Crippen LogP contribution >= 0.6 is 11.3 Å². The van der Waals surface area contributed by atoms with Gasteiger partial charge in [-0.1, -0.05) is 24.3 Å². The van der Waals surface area contributed by atoms with Crippen molar-refractivity contribution in [1.82, 2.24) is 10.4 Å². The third-order valence-corrected chi connectivity index (χ3v) is 5.96. The first-order valence-corrected chi connectivity index (χ1v) is 12.1. The number of nitrogens with one attached hydrogen (secondary N) is 2. The van der Waals surface area contributed by atoms with E-state index >= 15 is 0 Å². The maximum absolute atomic E-state index is 12.9. The Morgan fingerprint density at radius 3 is 2.66 bits per heavy atom. The minimum Gasteiger partial charge on any atom is -0.489 e. The van der Waals surface area contributed by atoms with Gasteiger partial charge < -0.3 is 10.1 Å². The normalized spacial score (nSPS) is 11.2. The molecule has 0 saturated heterocycles. The molecule has 0 radical (unpaired) electrons. The van der Waals surface area contributed by atoms with Crippen molar-refractivity contribution < 1.29 is 22.7 Å². The number of benzene rings is 3. The zero-order valence-electron chi connectivity index (χ0n) is 19.7. The van der Waals surface area contributed by atoms with Crippen LogP contribution in [-0.2, 0) is 24.0 Å². The molecule has 1 amide bonds. The molecule has 0 spiro atoms. The van der Waals surface area contributed by atoms with Gasteiger partial charge in [0.25, 0.3) is 0 Å². The maximum Gasteiger partial charge on any atom is 0.416 e. The lowest BCUT2D eigenvalue weighted by molar-refractivity contribution is -0.137. The number of alkyl halides is 3. The van der Waals surface area contributed by atoms with Gasteiger partial charge in [-0.05, 0) is 54.1 Å². The summed E-state index contributed by atoms with van der Waals surface area (Å²) in [6.07, 6.45) is -3.00. The topological polar surface area (TPSA) is 99.4 Å². The number of anilines is 2. The predicted octanol–water partition coefficient (Wildman–Crippen LogP) is 6.05. The predicted molar refractivity (Wildman–Crippen MR) is 138 cm³/mol. The summed E-state index contributed by atoms with van der Waals surface area (Å²) in [4.78, 5) is 16.4. The van der Waals surface area contributed by atoms with Crippen molar-refractivity contribution in [1.29, 1.82) is 5.26 Å². The minimum atomic E-state index is -4.44. The van der Waals surface area contributed by atoms with E-state index in [1.807, 2.05) is 12.1 Å². The second-order valence-electron chi connectivity index (χ2n) is 7.94. The standard InChI is InChI=1S/C27H20F3N5O2S/c28-27(29,30)21-6-3-7-22(12-21)33-26-34-23(17-38-26)13-25(36)35-32-15-18-8-10-24(11-9-18)37-16-20-5-2-1-4-19(20)14-31/h1-12,15,17H,13,16H2,(H,33,34)(H,35,36)/b32-15+. The number of carbonyl (C=O) groups is 1. The van der Waals surface area contributed by atoms with Gasteiger partial charge in [-0.15, -0.1) is 11.3 Å². The zero-order valence-corrected chi connectivity index (χ0v) is 20.5. The molecule has 0 aliphatic heterocycles. The van der Waals surface area contributed by atoms with Gasteiger partial charge in [0.2, 0.25) is 5.91 Å². The quantitative estimate of drug-likeness (QED) is 0.201. The molecule has 1 aromatic heterocycles. The lowest BCUT2D eigenvalue weighted by Gasteiger charge is -2.08. The third kappa shape index (κ3) is 7.41. The van der Waals surface area contributed by atoms with E-state index < -0.39 is 17.6 Å². The van der Waals surface area contributed by atoms with Gasteiger partial charge in [-0.25, -0.2) is 10.4 Å². The van der Waals surface area contributed by atoms with Crippen molar-refractivity contribution in [3.05, 3.63) is 106 Å². The highest BCUT2D eigenvalue weighted by Crippen LogP contribution is 2.31. The first kappa shape index (κ1) is 26.4. The summed E-state index contributed by atoms with van der Waals surface area (Å²) in [6, 6.07) is 21.2. The SMILES string of the molecule is N#Cc1ccccc1COc1ccc(/C=N/NC(=O)Cc2csc(Nc3cccc(C(F)(F)F)c3)n2)cc1. The number of halogens is 3. The Hall–Kier alpha value is -4.69. The molecule has 0 atom stereocenters. The van der Waals surface area contributed by atoms with Crippen molar-refractivity contribution in [2.75, 3.05) is 5.32 Å². The Labute approximate surface area is 220 Å². The van der Waals surface area contributed by atoms with E-state index in [1.54, 1.807) is 41.8 Å². The number of aromatic nitrogens is 1. The Morgan fingerprint density at radius 2 is 1.89 bits per heavy atom. The van der Waals surface area contributed by atoms with E-state index in [-0.39, 0.29) is 18.7 Å². The highest BCUT2D eigenvalue weighted by molar-refractivity contribution is 7.13. The van der Waals surface area contributed by atoms with E-state index in [9.17, 15) is 18.0 Å². The largest absolute Gasteiger partial charge is 0.489 e. The molecule has 2 N–H and O–H groups in total. The summed E-state index contributed by atoms with van der Waals surface area (Å²) < 4.78 is 44.4. The van der Waals surface area contributed by atoms with Crippen LogP contribution in [0.5, 0.6) is 5.75 Å². The fraction of sp³-hybridized carbons (Fsp3) is 0.111. The molecular weight excluding hydrogens is 515 g/mol. The molecule has 11 heteroatoms. The average molecular weight is 536 g/mol.